The average Bonchev–Trinajstić information content (AvgIpc) is 3.11. The van der Waals surface area contributed by atoms with Crippen molar-refractivity contribution in [1.82, 2.24) is 25.1 Å². The van der Waals surface area contributed by atoms with E-state index in [9.17, 15) is 9.18 Å². The number of nitrogens with zero attached hydrogens (tertiary/aromatic N) is 4. The number of benzene rings is 1. The van der Waals surface area contributed by atoms with Crippen LogP contribution in [0, 0.1) is 5.82 Å². The number of carbonyl (C=O) groups is 1. The minimum absolute atomic E-state index is 0.120. The molecule has 0 radical (unpaired) electrons. The highest BCUT2D eigenvalue weighted by Gasteiger charge is 2.24. The van der Waals surface area contributed by atoms with Crippen LogP contribution in [0.25, 0.3) is 11.3 Å². The summed E-state index contributed by atoms with van der Waals surface area (Å²) in [6, 6.07) is 7.69. The van der Waals surface area contributed by atoms with E-state index in [0.29, 0.717) is 30.9 Å². The number of hydrogen-bond acceptors (Lipinski definition) is 4. The van der Waals surface area contributed by atoms with Crippen molar-refractivity contribution >= 4 is 5.91 Å². The SMILES string of the molecule is O=C(c1cc(-c2ccc(F)cc2)n[nH]1)N1CCc2ncncc2C1. The van der Waals surface area contributed by atoms with E-state index in [1.807, 2.05) is 0 Å². The molecule has 0 unspecified atom stereocenters. The molecule has 24 heavy (non-hydrogen) atoms. The Bertz CT molecular complexity index is 890. The molecule has 0 saturated carbocycles. The van der Waals surface area contributed by atoms with Crippen molar-refractivity contribution in [3.63, 3.8) is 0 Å². The third-order valence-electron chi connectivity index (χ3n) is 4.10. The number of nitrogens with one attached hydrogen (secondary N) is 1. The molecule has 0 spiro atoms. The zero-order valence-corrected chi connectivity index (χ0v) is 12.7. The highest BCUT2D eigenvalue weighted by atomic mass is 19.1. The zero-order chi connectivity index (χ0) is 16.5. The lowest BCUT2D eigenvalue weighted by molar-refractivity contribution is 0.0727. The van der Waals surface area contributed by atoms with Crippen LogP contribution >= 0.6 is 0 Å². The number of H-pyrrole nitrogens is 1. The van der Waals surface area contributed by atoms with E-state index < -0.39 is 0 Å². The van der Waals surface area contributed by atoms with Gasteiger partial charge in [0.05, 0.1) is 11.4 Å². The van der Waals surface area contributed by atoms with E-state index in [1.54, 1.807) is 29.3 Å². The van der Waals surface area contributed by atoms with Crippen molar-refractivity contribution in [1.29, 1.82) is 0 Å². The number of fused-ring (bicyclic) bond motifs is 1. The minimum atomic E-state index is -0.306. The van der Waals surface area contributed by atoms with Gasteiger partial charge in [-0.1, -0.05) is 0 Å². The van der Waals surface area contributed by atoms with E-state index in [-0.39, 0.29) is 11.7 Å². The van der Waals surface area contributed by atoms with Crippen LogP contribution in [0.2, 0.25) is 0 Å². The lowest BCUT2D eigenvalue weighted by Crippen LogP contribution is -2.36. The Balaban J connectivity index is 1.55. The summed E-state index contributed by atoms with van der Waals surface area (Å²) >= 11 is 0. The van der Waals surface area contributed by atoms with Gasteiger partial charge < -0.3 is 4.90 Å². The van der Waals surface area contributed by atoms with Gasteiger partial charge in [-0.05, 0) is 30.3 Å². The predicted molar refractivity (Wildman–Crippen MR) is 84.5 cm³/mol. The fraction of sp³-hybridized carbons (Fsp3) is 0.176. The molecule has 6 nitrogen and oxygen atoms in total. The maximum atomic E-state index is 13.0. The zero-order valence-electron chi connectivity index (χ0n) is 12.7. The van der Waals surface area contributed by atoms with E-state index in [1.165, 1.54) is 18.5 Å². The summed E-state index contributed by atoms with van der Waals surface area (Å²) in [6.07, 6.45) is 3.99. The quantitative estimate of drug-likeness (QED) is 0.784. The number of halogens is 1. The summed E-state index contributed by atoms with van der Waals surface area (Å²) in [5, 5.41) is 6.93. The van der Waals surface area contributed by atoms with Crippen LogP contribution in [0.15, 0.2) is 42.9 Å². The molecule has 120 valence electrons. The van der Waals surface area contributed by atoms with Crippen LogP contribution in [0.1, 0.15) is 21.7 Å². The van der Waals surface area contributed by atoms with Crippen molar-refractivity contribution in [2.45, 2.75) is 13.0 Å². The Labute approximate surface area is 137 Å². The molecular formula is C17H14FN5O. The molecule has 4 rings (SSSR count). The van der Waals surface area contributed by atoms with Gasteiger partial charge in [-0.3, -0.25) is 9.89 Å². The fourth-order valence-electron chi connectivity index (χ4n) is 2.81. The lowest BCUT2D eigenvalue weighted by atomic mass is 10.1. The second-order valence-corrected chi connectivity index (χ2v) is 5.65. The van der Waals surface area contributed by atoms with E-state index in [0.717, 1.165) is 16.8 Å². The van der Waals surface area contributed by atoms with Gasteiger partial charge in [0.1, 0.15) is 17.8 Å². The number of rotatable bonds is 2. The molecular weight excluding hydrogens is 309 g/mol. The van der Waals surface area contributed by atoms with Crippen LogP contribution in [-0.4, -0.2) is 37.5 Å². The molecule has 1 N–H and O–H groups in total. The van der Waals surface area contributed by atoms with Gasteiger partial charge in [0.25, 0.3) is 5.91 Å². The smallest absolute Gasteiger partial charge is 0.272 e. The van der Waals surface area contributed by atoms with Gasteiger partial charge >= 0.3 is 0 Å². The summed E-state index contributed by atoms with van der Waals surface area (Å²) in [4.78, 5) is 22.7. The van der Waals surface area contributed by atoms with Gasteiger partial charge in [-0.15, -0.1) is 0 Å². The Morgan fingerprint density at radius 2 is 2.08 bits per heavy atom. The molecule has 1 aromatic carbocycles. The maximum Gasteiger partial charge on any atom is 0.272 e. The normalized spacial score (nSPS) is 13.6. The molecule has 1 aliphatic rings. The standard InChI is InChI=1S/C17H14FN5O/c18-13-3-1-11(2-4-13)15-7-16(22-21-15)17(24)23-6-5-14-12(9-23)8-19-10-20-14/h1-4,7-8,10H,5-6,9H2,(H,21,22). The molecule has 0 aliphatic carbocycles. The third-order valence-corrected chi connectivity index (χ3v) is 4.10. The van der Waals surface area contributed by atoms with Crippen molar-refractivity contribution in [3.8, 4) is 11.3 Å². The Morgan fingerprint density at radius 1 is 1.25 bits per heavy atom. The minimum Gasteiger partial charge on any atom is -0.332 e. The molecule has 1 amide bonds. The monoisotopic (exact) mass is 323 g/mol. The van der Waals surface area contributed by atoms with Crippen LogP contribution in [0.4, 0.5) is 4.39 Å². The first kappa shape index (κ1) is 14.5. The molecule has 2 aromatic heterocycles. The third kappa shape index (κ3) is 2.64. The fourth-order valence-corrected chi connectivity index (χ4v) is 2.81. The number of aromatic amines is 1. The Morgan fingerprint density at radius 3 is 2.92 bits per heavy atom. The first-order valence-corrected chi connectivity index (χ1v) is 7.59. The molecule has 0 atom stereocenters. The summed E-state index contributed by atoms with van der Waals surface area (Å²) in [6.45, 7) is 1.09. The van der Waals surface area contributed by atoms with Crippen molar-refractivity contribution < 1.29 is 9.18 Å². The Hall–Kier alpha value is -3.09. The van der Waals surface area contributed by atoms with Crippen molar-refractivity contribution in [3.05, 3.63) is 65.6 Å². The van der Waals surface area contributed by atoms with Crippen molar-refractivity contribution in [2.75, 3.05) is 6.54 Å². The van der Waals surface area contributed by atoms with Gasteiger partial charge in [0, 0.05) is 36.8 Å². The second kappa shape index (κ2) is 5.84. The lowest BCUT2D eigenvalue weighted by Gasteiger charge is -2.27. The van der Waals surface area contributed by atoms with Gasteiger partial charge in [0.2, 0.25) is 0 Å². The number of hydrogen-bond donors (Lipinski definition) is 1. The van der Waals surface area contributed by atoms with Crippen LogP contribution < -0.4 is 0 Å². The second-order valence-electron chi connectivity index (χ2n) is 5.65. The molecule has 0 saturated heterocycles. The van der Waals surface area contributed by atoms with Gasteiger partial charge in [0.15, 0.2) is 0 Å². The van der Waals surface area contributed by atoms with Gasteiger partial charge in [-0.25, -0.2) is 14.4 Å². The molecule has 1 aliphatic heterocycles. The number of aromatic nitrogens is 4. The summed E-state index contributed by atoms with van der Waals surface area (Å²) in [5.74, 6) is -0.426. The highest BCUT2D eigenvalue weighted by Crippen LogP contribution is 2.21. The van der Waals surface area contributed by atoms with Crippen LogP contribution in [-0.2, 0) is 13.0 Å². The molecule has 3 aromatic rings. The van der Waals surface area contributed by atoms with E-state index in [4.69, 9.17) is 0 Å². The predicted octanol–water partition coefficient (Wildman–Crippen LogP) is 2.20. The molecule has 0 fully saturated rings. The first-order valence-electron chi connectivity index (χ1n) is 7.59. The van der Waals surface area contributed by atoms with E-state index in [2.05, 4.69) is 20.2 Å². The molecule has 7 heteroatoms. The number of carbonyl (C=O) groups excluding carboxylic acids is 1. The summed E-state index contributed by atoms with van der Waals surface area (Å²) < 4.78 is 13.0. The molecule has 3 heterocycles. The van der Waals surface area contributed by atoms with Gasteiger partial charge in [-0.2, -0.15) is 5.10 Å². The topological polar surface area (TPSA) is 74.8 Å². The van der Waals surface area contributed by atoms with Crippen LogP contribution in [0.5, 0.6) is 0 Å². The average molecular weight is 323 g/mol. The van der Waals surface area contributed by atoms with Crippen LogP contribution in [0.3, 0.4) is 0 Å². The van der Waals surface area contributed by atoms with Crippen molar-refractivity contribution in [2.24, 2.45) is 0 Å². The largest absolute Gasteiger partial charge is 0.332 e. The summed E-state index contributed by atoms with van der Waals surface area (Å²) in [5.41, 5.74) is 3.74. The molecule has 0 bridgehead atoms. The van der Waals surface area contributed by atoms with E-state index >= 15 is 0 Å². The Kier molecular flexibility index (Phi) is 3.53. The highest BCUT2D eigenvalue weighted by molar-refractivity contribution is 5.93. The summed E-state index contributed by atoms with van der Waals surface area (Å²) in [7, 11) is 0. The maximum absolute atomic E-state index is 13.0. The number of amides is 1. The first-order chi connectivity index (χ1) is 11.7.